The van der Waals surface area contributed by atoms with Gasteiger partial charge in [0.1, 0.15) is 0 Å². The van der Waals surface area contributed by atoms with Crippen LogP contribution >= 0.6 is 0 Å². The molecule has 0 radical (unpaired) electrons. The minimum absolute atomic E-state index is 0.448. The molecule has 0 unspecified atom stereocenters. The summed E-state index contributed by atoms with van der Waals surface area (Å²) in [6.45, 7) is 4.20. The maximum absolute atomic E-state index is 10.6. The molecule has 16 heavy (non-hydrogen) atoms. The Morgan fingerprint density at radius 3 is 3.00 bits per heavy atom. The molecule has 2 rings (SSSR count). The van der Waals surface area contributed by atoms with Crippen molar-refractivity contribution in [3.05, 3.63) is 34.9 Å². The lowest BCUT2D eigenvalue weighted by Gasteiger charge is -2.03. The van der Waals surface area contributed by atoms with Crippen LogP contribution in [0.15, 0.2) is 23.3 Å². The zero-order valence-corrected chi connectivity index (χ0v) is 9.45. The number of aryl methyl sites for hydroxylation is 1. The van der Waals surface area contributed by atoms with E-state index in [0.29, 0.717) is 5.92 Å². The number of fused-ring (bicyclic) bond motifs is 1. The smallest absolute Gasteiger partial charge is 0.332 e. The van der Waals surface area contributed by atoms with E-state index >= 15 is 0 Å². The molecule has 1 aliphatic carbocycles. The fraction of sp³-hybridized carbons (Fsp3) is 0.333. The van der Waals surface area contributed by atoms with Gasteiger partial charge in [-0.2, -0.15) is 5.10 Å². The highest BCUT2D eigenvalue weighted by molar-refractivity contribution is 6.05. The van der Waals surface area contributed by atoms with Crippen LogP contribution in [0.5, 0.6) is 0 Å². The number of hydrogen-bond donors (Lipinski definition) is 2. The zero-order chi connectivity index (χ0) is 11.7. The number of hydrazone groups is 1. The summed E-state index contributed by atoms with van der Waals surface area (Å²) in [7, 11) is 0. The van der Waals surface area contributed by atoms with E-state index in [-0.39, 0.29) is 0 Å². The SMILES string of the molecule is Cc1ccc2c(c1)/C(=N\NC(N)=O)C[C@@H]2C. The molecular weight excluding hydrogens is 202 g/mol. The van der Waals surface area contributed by atoms with Crippen LogP contribution in [-0.2, 0) is 0 Å². The van der Waals surface area contributed by atoms with Crippen LogP contribution in [0.2, 0.25) is 0 Å². The van der Waals surface area contributed by atoms with Crippen LogP contribution < -0.4 is 11.2 Å². The topological polar surface area (TPSA) is 67.5 Å². The van der Waals surface area contributed by atoms with Gasteiger partial charge in [-0.05, 0) is 30.9 Å². The number of nitrogens with two attached hydrogens (primary N) is 1. The molecule has 0 heterocycles. The first kappa shape index (κ1) is 10.7. The highest BCUT2D eigenvalue weighted by atomic mass is 16.2. The van der Waals surface area contributed by atoms with Crippen molar-refractivity contribution in [2.75, 3.05) is 0 Å². The lowest BCUT2D eigenvalue weighted by molar-refractivity contribution is 0.249. The van der Waals surface area contributed by atoms with E-state index in [1.54, 1.807) is 0 Å². The summed E-state index contributed by atoms with van der Waals surface area (Å²) in [6.07, 6.45) is 0.846. The molecule has 3 N–H and O–H groups in total. The molecule has 0 saturated carbocycles. The molecule has 4 nitrogen and oxygen atoms in total. The number of primary amides is 1. The Morgan fingerprint density at radius 2 is 2.31 bits per heavy atom. The second-order valence-electron chi connectivity index (χ2n) is 4.23. The van der Waals surface area contributed by atoms with Crippen molar-refractivity contribution in [3.63, 3.8) is 0 Å². The average Bonchev–Trinajstić information content (AvgIpc) is 2.52. The van der Waals surface area contributed by atoms with Gasteiger partial charge in [-0.3, -0.25) is 0 Å². The van der Waals surface area contributed by atoms with E-state index in [1.807, 2.05) is 6.92 Å². The average molecular weight is 217 g/mol. The largest absolute Gasteiger partial charge is 0.350 e. The number of carbonyl (C=O) groups is 1. The van der Waals surface area contributed by atoms with Crippen molar-refractivity contribution in [1.82, 2.24) is 5.43 Å². The van der Waals surface area contributed by atoms with E-state index in [0.717, 1.165) is 17.7 Å². The van der Waals surface area contributed by atoms with Gasteiger partial charge in [0.25, 0.3) is 0 Å². The van der Waals surface area contributed by atoms with Gasteiger partial charge < -0.3 is 5.73 Å². The van der Waals surface area contributed by atoms with E-state index in [4.69, 9.17) is 5.73 Å². The highest BCUT2D eigenvalue weighted by Crippen LogP contribution is 2.33. The number of carbonyl (C=O) groups excluding carboxylic acids is 1. The molecule has 0 aliphatic heterocycles. The zero-order valence-electron chi connectivity index (χ0n) is 9.45. The van der Waals surface area contributed by atoms with E-state index in [1.165, 1.54) is 11.1 Å². The fourth-order valence-corrected chi connectivity index (χ4v) is 2.09. The van der Waals surface area contributed by atoms with Gasteiger partial charge in [-0.25, -0.2) is 10.2 Å². The third-order valence-corrected chi connectivity index (χ3v) is 2.85. The molecule has 1 aromatic carbocycles. The Kier molecular flexibility index (Phi) is 2.64. The van der Waals surface area contributed by atoms with Crippen LogP contribution in [0.25, 0.3) is 0 Å². The summed E-state index contributed by atoms with van der Waals surface area (Å²) in [5.41, 5.74) is 11.8. The van der Waals surface area contributed by atoms with Crippen LogP contribution in [0.1, 0.15) is 36.0 Å². The van der Waals surface area contributed by atoms with Crippen LogP contribution in [-0.4, -0.2) is 11.7 Å². The van der Waals surface area contributed by atoms with E-state index in [2.05, 4.69) is 35.7 Å². The molecule has 0 fully saturated rings. The Morgan fingerprint density at radius 1 is 1.56 bits per heavy atom. The van der Waals surface area contributed by atoms with Crippen LogP contribution in [0.4, 0.5) is 4.79 Å². The summed E-state index contributed by atoms with van der Waals surface area (Å²) in [4.78, 5) is 10.6. The minimum Gasteiger partial charge on any atom is -0.350 e. The van der Waals surface area contributed by atoms with Gasteiger partial charge in [0, 0.05) is 5.56 Å². The molecule has 1 atom stereocenters. The van der Waals surface area contributed by atoms with E-state index in [9.17, 15) is 4.79 Å². The molecule has 84 valence electrons. The molecular formula is C12H15N3O. The number of urea groups is 1. The lowest BCUT2D eigenvalue weighted by atomic mass is 10.0. The van der Waals surface area contributed by atoms with Crippen molar-refractivity contribution in [3.8, 4) is 0 Å². The number of nitrogens with zero attached hydrogens (tertiary/aromatic N) is 1. The van der Waals surface area contributed by atoms with Gasteiger partial charge in [0.05, 0.1) is 5.71 Å². The summed E-state index contributed by atoms with van der Waals surface area (Å²) in [6, 6.07) is 5.70. The van der Waals surface area contributed by atoms with Crippen LogP contribution in [0, 0.1) is 6.92 Å². The number of amides is 2. The minimum atomic E-state index is -0.624. The first-order valence-electron chi connectivity index (χ1n) is 5.31. The van der Waals surface area contributed by atoms with Crippen molar-refractivity contribution in [2.45, 2.75) is 26.2 Å². The van der Waals surface area contributed by atoms with Gasteiger partial charge in [-0.1, -0.05) is 24.6 Å². The monoisotopic (exact) mass is 217 g/mol. The van der Waals surface area contributed by atoms with Gasteiger partial charge in [0.15, 0.2) is 0 Å². The van der Waals surface area contributed by atoms with Crippen LogP contribution in [0.3, 0.4) is 0 Å². The Labute approximate surface area is 94.5 Å². The second kappa shape index (κ2) is 3.96. The summed E-state index contributed by atoms with van der Waals surface area (Å²) < 4.78 is 0. The second-order valence-corrected chi connectivity index (χ2v) is 4.23. The molecule has 1 aliphatic rings. The summed E-state index contributed by atoms with van der Waals surface area (Å²) >= 11 is 0. The first-order valence-corrected chi connectivity index (χ1v) is 5.31. The molecule has 0 aromatic heterocycles. The summed E-state index contributed by atoms with van der Waals surface area (Å²) in [5.74, 6) is 0.448. The van der Waals surface area contributed by atoms with Gasteiger partial charge >= 0.3 is 6.03 Å². The van der Waals surface area contributed by atoms with Crippen molar-refractivity contribution >= 4 is 11.7 Å². The molecule has 2 amide bonds. The summed E-state index contributed by atoms with van der Waals surface area (Å²) in [5, 5.41) is 4.05. The van der Waals surface area contributed by atoms with Crippen molar-refractivity contribution in [1.29, 1.82) is 0 Å². The molecule has 0 saturated heterocycles. The lowest BCUT2D eigenvalue weighted by Crippen LogP contribution is -2.25. The first-order chi connectivity index (χ1) is 7.58. The third-order valence-electron chi connectivity index (χ3n) is 2.85. The molecule has 1 aromatic rings. The quantitative estimate of drug-likeness (QED) is 0.693. The number of benzene rings is 1. The Bertz CT molecular complexity index is 465. The molecule has 0 spiro atoms. The standard InChI is InChI=1S/C12H15N3O/c1-7-3-4-9-8(2)6-11(10(9)5-7)14-15-12(13)16/h3-5,8H,6H2,1-2H3,(H3,13,15,16)/b14-11-/t8-/m0/s1. The van der Waals surface area contributed by atoms with Gasteiger partial charge in [-0.15, -0.1) is 0 Å². The van der Waals surface area contributed by atoms with Gasteiger partial charge in [0.2, 0.25) is 0 Å². The fourth-order valence-electron chi connectivity index (χ4n) is 2.09. The molecule has 4 heteroatoms. The number of hydrogen-bond acceptors (Lipinski definition) is 2. The van der Waals surface area contributed by atoms with Crippen molar-refractivity contribution < 1.29 is 4.79 Å². The predicted octanol–water partition coefficient (Wildman–Crippen LogP) is 1.87. The Hall–Kier alpha value is -1.84. The highest BCUT2D eigenvalue weighted by Gasteiger charge is 2.24. The molecule has 0 bridgehead atoms. The number of nitrogens with one attached hydrogen (secondary N) is 1. The third kappa shape index (κ3) is 1.91. The maximum Gasteiger partial charge on any atom is 0.332 e. The number of rotatable bonds is 1. The van der Waals surface area contributed by atoms with Crippen molar-refractivity contribution in [2.24, 2.45) is 10.8 Å². The normalized spacial score (nSPS) is 20.9. The van der Waals surface area contributed by atoms with E-state index < -0.39 is 6.03 Å². The maximum atomic E-state index is 10.6. The predicted molar refractivity (Wildman–Crippen MR) is 63.5 cm³/mol. The Balaban J connectivity index is 2.37.